The minimum absolute atomic E-state index is 0.257. The predicted molar refractivity (Wildman–Crippen MR) is 464 cm³/mol. The normalized spacial score (nSPS) is 14.5. The molecule has 2 aliphatic carbocycles. The van der Waals surface area contributed by atoms with Crippen LogP contribution < -0.4 is 9.80 Å². The summed E-state index contributed by atoms with van der Waals surface area (Å²) in [6.07, 6.45) is 3.85. The molecule has 530 valence electrons. The molecule has 0 N–H and O–H groups in total. The standard InChI is InChI=1S/C106H76F2N2S/c1-7-71-27-39-81(40-28-71)105(99-59-67(3)23-25-69(99)5)97-21-11-9-19-91(97)93-55-51-89(65-101(93)105)109(85-47-35-75(36-48-85)79-17-13-15-77(61-79)73-31-43-83(107)44-32-73)87-53-57-103-95(63-87)96-64-88(54-58-104(96)111-103)110(86-49-37-76(38-50-86)80-18-14-16-78(62-80)74-33-45-84(108)46-34-74)90-52-56-94-92-20-10-12-22-98(92)106(102(94)66-90,82-41-29-72(8-2)30-42-82)100-60-68(4)24-26-70(100)6/h7-66H,1-2H2,3-6H3. The SMILES string of the molecule is C=Cc1ccc(C2(c3cc(C)ccc3C)c3ccccc3-c3ccc(N(c4ccc(-c5cccc(-c6ccc(F)cc6)c5)cc4)c4ccc5sc6ccc(N(c7ccc(-c8cccc(-c9ccc(F)cc9)c8)cc7)c7ccc8c(c7)C(c7ccc(C=C)cc7)(c7cc(C)ccc7C)c7ccccc7-8)cc6c5c4)cc32)cc1. The van der Waals surface area contributed by atoms with Crippen LogP contribution in [0.1, 0.15) is 77.9 Å². The van der Waals surface area contributed by atoms with Gasteiger partial charge < -0.3 is 9.80 Å². The fourth-order valence-corrected chi connectivity index (χ4v) is 19.0. The number of benzene rings is 16. The molecule has 0 aliphatic heterocycles. The lowest BCUT2D eigenvalue weighted by Crippen LogP contribution is -2.30. The van der Waals surface area contributed by atoms with Crippen molar-refractivity contribution >= 4 is 77.8 Å². The average Bonchev–Trinajstić information content (AvgIpc) is 1.55. The maximum atomic E-state index is 14.3. The Morgan fingerprint density at radius 2 is 0.604 bits per heavy atom. The molecule has 19 rings (SSSR count). The van der Waals surface area contributed by atoms with Crippen LogP contribution in [-0.4, -0.2) is 0 Å². The number of rotatable bonds is 16. The Hall–Kier alpha value is -13.3. The molecule has 5 heteroatoms. The van der Waals surface area contributed by atoms with E-state index in [9.17, 15) is 8.78 Å². The second kappa shape index (κ2) is 27.4. The first-order chi connectivity index (χ1) is 54.3. The number of nitrogens with zero attached hydrogens (tertiary/aromatic N) is 2. The van der Waals surface area contributed by atoms with Crippen LogP contribution in [0.15, 0.2) is 365 Å². The van der Waals surface area contributed by atoms with E-state index in [1.807, 2.05) is 47.8 Å². The molecule has 0 bridgehead atoms. The van der Waals surface area contributed by atoms with Crippen molar-refractivity contribution < 1.29 is 8.78 Å². The molecule has 0 spiro atoms. The molecule has 0 saturated carbocycles. The quantitative estimate of drug-likeness (QED) is 0.0951. The van der Waals surface area contributed by atoms with Gasteiger partial charge in [-0.05, 0) is 283 Å². The highest BCUT2D eigenvalue weighted by molar-refractivity contribution is 7.25. The van der Waals surface area contributed by atoms with Crippen molar-refractivity contribution in [1.82, 2.24) is 0 Å². The Morgan fingerprint density at radius 3 is 0.982 bits per heavy atom. The third-order valence-electron chi connectivity index (χ3n) is 23.3. The van der Waals surface area contributed by atoms with Gasteiger partial charge in [-0.2, -0.15) is 0 Å². The van der Waals surface area contributed by atoms with Crippen LogP contribution in [0.5, 0.6) is 0 Å². The van der Waals surface area contributed by atoms with Crippen molar-refractivity contribution in [3.63, 3.8) is 0 Å². The van der Waals surface area contributed by atoms with Gasteiger partial charge in [0.1, 0.15) is 11.6 Å². The highest BCUT2D eigenvalue weighted by Gasteiger charge is 2.49. The lowest BCUT2D eigenvalue weighted by Gasteiger charge is -2.36. The number of hydrogen-bond acceptors (Lipinski definition) is 3. The topological polar surface area (TPSA) is 6.48 Å². The number of thiophene rings is 1. The number of hydrogen-bond donors (Lipinski definition) is 0. The highest BCUT2D eigenvalue weighted by atomic mass is 32.1. The Morgan fingerprint density at radius 1 is 0.270 bits per heavy atom. The van der Waals surface area contributed by atoms with Gasteiger partial charge in [-0.25, -0.2) is 8.78 Å². The molecule has 1 heterocycles. The van der Waals surface area contributed by atoms with Gasteiger partial charge in [-0.1, -0.05) is 267 Å². The van der Waals surface area contributed by atoms with Gasteiger partial charge in [0.2, 0.25) is 0 Å². The van der Waals surface area contributed by atoms with E-state index >= 15 is 0 Å². The lowest BCUT2D eigenvalue weighted by molar-refractivity contribution is 0.627. The molecule has 2 atom stereocenters. The Kier molecular flexibility index (Phi) is 16.9. The molecular weight excluding hydrogens is 1370 g/mol. The molecule has 2 aliphatic rings. The summed E-state index contributed by atoms with van der Waals surface area (Å²) in [6.45, 7) is 17.3. The summed E-state index contributed by atoms with van der Waals surface area (Å²) >= 11 is 1.82. The van der Waals surface area contributed by atoms with Crippen LogP contribution in [0.2, 0.25) is 0 Å². The summed E-state index contributed by atoms with van der Waals surface area (Å²) in [4.78, 5) is 4.89. The molecular formula is C106H76F2N2S. The van der Waals surface area contributed by atoms with E-state index in [0.29, 0.717) is 0 Å². The zero-order chi connectivity index (χ0) is 75.2. The Labute approximate surface area is 651 Å². The van der Waals surface area contributed by atoms with Gasteiger partial charge in [-0.15, -0.1) is 11.3 Å². The summed E-state index contributed by atoms with van der Waals surface area (Å²) < 4.78 is 30.9. The zero-order valence-electron chi connectivity index (χ0n) is 62.1. The summed E-state index contributed by atoms with van der Waals surface area (Å²) in [5.41, 5.74) is 34.5. The summed E-state index contributed by atoms with van der Waals surface area (Å²) in [5, 5.41) is 2.29. The van der Waals surface area contributed by atoms with Crippen molar-refractivity contribution in [3.05, 3.63) is 455 Å². The molecule has 2 unspecified atom stereocenters. The largest absolute Gasteiger partial charge is 0.310 e. The Bertz CT molecular complexity index is 6150. The monoisotopic (exact) mass is 1450 g/mol. The third-order valence-corrected chi connectivity index (χ3v) is 24.4. The van der Waals surface area contributed by atoms with Crippen LogP contribution in [0.4, 0.5) is 42.9 Å². The highest BCUT2D eigenvalue weighted by Crippen LogP contribution is 2.61. The second-order valence-corrected chi connectivity index (χ2v) is 30.8. The van der Waals surface area contributed by atoms with Crippen molar-refractivity contribution in [2.75, 3.05) is 9.80 Å². The van der Waals surface area contributed by atoms with E-state index in [-0.39, 0.29) is 11.6 Å². The first-order valence-electron chi connectivity index (χ1n) is 37.9. The van der Waals surface area contributed by atoms with Crippen molar-refractivity contribution in [3.8, 4) is 66.8 Å². The molecule has 16 aromatic carbocycles. The number of anilines is 6. The molecule has 0 saturated heterocycles. The number of halogens is 2. The van der Waals surface area contributed by atoms with Gasteiger partial charge in [0.25, 0.3) is 0 Å². The average molecular weight is 1450 g/mol. The smallest absolute Gasteiger partial charge is 0.123 e. The lowest BCUT2D eigenvalue weighted by atomic mass is 9.66. The van der Waals surface area contributed by atoms with E-state index in [2.05, 4.69) is 354 Å². The minimum atomic E-state index is -0.684. The van der Waals surface area contributed by atoms with Crippen LogP contribution in [-0.2, 0) is 10.8 Å². The molecule has 2 nitrogen and oxygen atoms in total. The van der Waals surface area contributed by atoms with Crippen LogP contribution in [0, 0.1) is 39.3 Å². The van der Waals surface area contributed by atoms with Crippen LogP contribution >= 0.6 is 11.3 Å². The van der Waals surface area contributed by atoms with Gasteiger partial charge >= 0.3 is 0 Å². The van der Waals surface area contributed by atoms with E-state index in [1.165, 1.54) is 123 Å². The fraction of sp³-hybridized carbons (Fsp3) is 0.0566. The zero-order valence-corrected chi connectivity index (χ0v) is 62.9. The summed E-state index contributed by atoms with van der Waals surface area (Å²) in [5.74, 6) is -0.514. The van der Waals surface area contributed by atoms with E-state index in [1.54, 1.807) is 0 Å². The van der Waals surface area contributed by atoms with Gasteiger partial charge in [-0.3, -0.25) is 0 Å². The number of fused-ring (bicyclic) bond motifs is 9. The first-order valence-corrected chi connectivity index (χ1v) is 38.7. The predicted octanol–water partition coefficient (Wildman–Crippen LogP) is 29.2. The van der Waals surface area contributed by atoms with Crippen LogP contribution in [0.3, 0.4) is 0 Å². The molecule has 0 fully saturated rings. The van der Waals surface area contributed by atoms with Crippen molar-refractivity contribution in [2.45, 2.75) is 38.5 Å². The Balaban J connectivity index is 0.806. The summed E-state index contributed by atoms with van der Waals surface area (Å²) in [7, 11) is 0. The van der Waals surface area contributed by atoms with Crippen molar-refractivity contribution in [2.24, 2.45) is 0 Å². The summed E-state index contributed by atoms with van der Waals surface area (Å²) in [6, 6.07) is 127. The second-order valence-electron chi connectivity index (χ2n) is 29.7. The first kappa shape index (κ1) is 68.2. The third kappa shape index (κ3) is 11.5. The maximum Gasteiger partial charge on any atom is 0.123 e. The molecule has 1 aromatic heterocycles. The van der Waals surface area contributed by atoms with Gasteiger partial charge in [0.15, 0.2) is 0 Å². The molecule has 111 heavy (non-hydrogen) atoms. The van der Waals surface area contributed by atoms with E-state index in [4.69, 9.17) is 0 Å². The molecule has 17 aromatic rings. The maximum absolute atomic E-state index is 14.3. The van der Waals surface area contributed by atoms with Crippen molar-refractivity contribution in [1.29, 1.82) is 0 Å². The van der Waals surface area contributed by atoms with Gasteiger partial charge in [0.05, 0.1) is 10.8 Å². The van der Waals surface area contributed by atoms with Gasteiger partial charge in [0, 0.05) is 54.3 Å². The van der Waals surface area contributed by atoms with Crippen LogP contribution in [0.25, 0.3) is 99.1 Å². The van der Waals surface area contributed by atoms with E-state index in [0.717, 1.165) is 101 Å². The molecule has 0 radical (unpaired) electrons. The number of aryl methyl sites for hydroxylation is 4. The fourth-order valence-electron chi connectivity index (χ4n) is 17.9. The molecule has 0 amide bonds. The van der Waals surface area contributed by atoms with E-state index < -0.39 is 10.8 Å². The minimum Gasteiger partial charge on any atom is -0.310 e.